The van der Waals surface area contributed by atoms with Gasteiger partial charge in [0.25, 0.3) is 5.91 Å². The number of pyridine rings is 1. The van der Waals surface area contributed by atoms with Crippen molar-refractivity contribution in [2.45, 2.75) is 52.6 Å². The molecule has 2 heterocycles. The Kier molecular flexibility index (Phi) is 7.00. The number of anilines is 1. The van der Waals surface area contributed by atoms with Crippen molar-refractivity contribution in [1.82, 2.24) is 14.8 Å². The summed E-state index contributed by atoms with van der Waals surface area (Å²) in [4.78, 5) is 33.6. The SMILES string of the molecule is Cc1ncc(C(=O)Nc2cc(F)cc(CN3CCN(C(=O)CC4CC4)C(C)C3)c2C)cc1Cl. The molecule has 0 bridgehead atoms. The molecule has 2 aliphatic rings. The molecule has 4 rings (SSSR count). The zero-order valence-electron chi connectivity index (χ0n) is 19.3. The molecule has 1 saturated carbocycles. The maximum atomic E-state index is 14.4. The molecule has 8 heteroatoms. The molecule has 6 nitrogen and oxygen atoms in total. The van der Waals surface area contributed by atoms with Crippen LogP contribution in [-0.2, 0) is 11.3 Å². The number of carbonyl (C=O) groups is 2. The van der Waals surface area contributed by atoms with E-state index in [1.807, 2.05) is 11.8 Å². The minimum absolute atomic E-state index is 0.122. The first-order valence-corrected chi connectivity index (χ1v) is 11.8. The van der Waals surface area contributed by atoms with Crippen molar-refractivity contribution in [1.29, 1.82) is 0 Å². The molecule has 1 saturated heterocycles. The van der Waals surface area contributed by atoms with E-state index in [4.69, 9.17) is 11.6 Å². The first kappa shape index (κ1) is 23.6. The number of piperazine rings is 1. The third kappa shape index (κ3) is 5.71. The fourth-order valence-electron chi connectivity index (χ4n) is 4.33. The lowest BCUT2D eigenvalue weighted by Gasteiger charge is -2.40. The van der Waals surface area contributed by atoms with Crippen LogP contribution in [0, 0.1) is 25.6 Å². The smallest absolute Gasteiger partial charge is 0.257 e. The van der Waals surface area contributed by atoms with Crippen LogP contribution >= 0.6 is 11.6 Å². The van der Waals surface area contributed by atoms with E-state index in [0.717, 1.165) is 24.2 Å². The van der Waals surface area contributed by atoms with Crippen LogP contribution in [0.2, 0.25) is 5.02 Å². The third-order valence-corrected chi connectivity index (χ3v) is 6.98. The van der Waals surface area contributed by atoms with Crippen LogP contribution in [-0.4, -0.2) is 52.3 Å². The van der Waals surface area contributed by atoms with Gasteiger partial charge in [-0.2, -0.15) is 0 Å². The number of nitrogens with one attached hydrogen (secondary N) is 1. The Bertz CT molecular complexity index is 1070. The van der Waals surface area contributed by atoms with E-state index >= 15 is 0 Å². The molecule has 1 aromatic carbocycles. The van der Waals surface area contributed by atoms with E-state index in [-0.39, 0.29) is 17.9 Å². The highest BCUT2D eigenvalue weighted by Crippen LogP contribution is 2.33. The predicted octanol–water partition coefficient (Wildman–Crippen LogP) is 4.58. The number of rotatable bonds is 6. The van der Waals surface area contributed by atoms with E-state index < -0.39 is 5.82 Å². The summed E-state index contributed by atoms with van der Waals surface area (Å²) in [6.07, 6.45) is 4.46. The van der Waals surface area contributed by atoms with Gasteiger partial charge in [0, 0.05) is 50.5 Å². The predicted molar refractivity (Wildman–Crippen MR) is 127 cm³/mol. The van der Waals surface area contributed by atoms with E-state index in [1.54, 1.807) is 13.0 Å². The molecule has 1 aliphatic carbocycles. The summed E-state index contributed by atoms with van der Waals surface area (Å²) in [6, 6.07) is 4.53. The molecular formula is C25H30ClFN4O2. The Hall–Kier alpha value is -2.51. The number of aryl methyl sites for hydroxylation is 1. The normalized spacial score (nSPS) is 18.9. The largest absolute Gasteiger partial charge is 0.337 e. The topological polar surface area (TPSA) is 65.5 Å². The second-order valence-corrected chi connectivity index (χ2v) is 9.71. The summed E-state index contributed by atoms with van der Waals surface area (Å²) in [5.41, 5.74) is 3.02. The molecule has 0 radical (unpaired) electrons. The van der Waals surface area contributed by atoms with Gasteiger partial charge in [-0.15, -0.1) is 0 Å². The summed E-state index contributed by atoms with van der Waals surface area (Å²) < 4.78 is 14.4. The summed E-state index contributed by atoms with van der Waals surface area (Å²) >= 11 is 6.09. The van der Waals surface area contributed by atoms with Crippen LogP contribution < -0.4 is 5.32 Å². The number of aromatic nitrogens is 1. The van der Waals surface area contributed by atoms with Gasteiger partial charge in [0.15, 0.2) is 0 Å². The molecule has 1 aliphatic heterocycles. The minimum atomic E-state index is -0.405. The van der Waals surface area contributed by atoms with E-state index in [9.17, 15) is 14.0 Å². The summed E-state index contributed by atoms with van der Waals surface area (Å²) in [6.45, 7) is 8.43. The van der Waals surface area contributed by atoms with Crippen molar-refractivity contribution >= 4 is 29.1 Å². The monoisotopic (exact) mass is 472 g/mol. The molecule has 33 heavy (non-hydrogen) atoms. The lowest BCUT2D eigenvalue weighted by molar-refractivity contribution is -0.136. The van der Waals surface area contributed by atoms with Gasteiger partial charge in [-0.05, 0) is 68.9 Å². The van der Waals surface area contributed by atoms with E-state index in [1.165, 1.54) is 31.2 Å². The Morgan fingerprint density at radius 1 is 1.21 bits per heavy atom. The van der Waals surface area contributed by atoms with E-state index in [2.05, 4.69) is 22.1 Å². The second-order valence-electron chi connectivity index (χ2n) is 9.30. The maximum Gasteiger partial charge on any atom is 0.257 e. The average molecular weight is 473 g/mol. The van der Waals surface area contributed by atoms with Crippen molar-refractivity contribution in [2.75, 3.05) is 25.0 Å². The molecule has 1 unspecified atom stereocenters. The molecule has 176 valence electrons. The summed E-state index contributed by atoms with van der Waals surface area (Å²) in [7, 11) is 0. The zero-order valence-corrected chi connectivity index (χ0v) is 20.1. The average Bonchev–Trinajstić information content (AvgIpc) is 3.57. The standard InChI is InChI=1S/C25H30ClFN4O2/c1-15-13-30(6-7-31(15)24(32)8-18-4-5-18)14-20-9-21(27)11-23(16(20)2)29-25(33)19-10-22(26)17(3)28-12-19/h9-12,15,18H,4-8,13-14H2,1-3H3,(H,29,33). The highest BCUT2D eigenvalue weighted by Gasteiger charge is 2.32. The van der Waals surface area contributed by atoms with Gasteiger partial charge in [-0.1, -0.05) is 11.6 Å². The third-order valence-electron chi connectivity index (χ3n) is 6.60. The van der Waals surface area contributed by atoms with Crippen molar-refractivity contribution in [3.8, 4) is 0 Å². The number of amides is 2. The molecule has 2 amide bonds. The summed E-state index contributed by atoms with van der Waals surface area (Å²) in [5, 5.41) is 3.20. The fraction of sp³-hybridized carbons (Fsp3) is 0.480. The van der Waals surface area contributed by atoms with Gasteiger partial charge in [0.05, 0.1) is 16.3 Å². The van der Waals surface area contributed by atoms with E-state index in [0.29, 0.717) is 47.4 Å². The van der Waals surface area contributed by atoms with Crippen molar-refractivity contribution in [3.05, 3.63) is 57.6 Å². The molecule has 2 fully saturated rings. The van der Waals surface area contributed by atoms with Crippen LogP contribution in [0.4, 0.5) is 10.1 Å². The molecule has 1 N–H and O–H groups in total. The molecule has 1 aromatic heterocycles. The Balaban J connectivity index is 1.43. The van der Waals surface area contributed by atoms with Gasteiger partial charge < -0.3 is 10.2 Å². The van der Waals surface area contributed by atoms with Crippen LogP contribution in [0.1, 0.15) is 53.4 Å². The van der Waals surface area contributed by atoms with Crippen molar-refractivity contribution in [3.63, 3.8) is 0 Å². The van der Waals surface area contributed by atoms with Gasteiger partial charge in [0.2, 0.25) is 5.91 Å². The Morgan fingerprint density at radius 2 is 1.97 bits per heavy atom. The first-order valence-electron chi connectivity index (χ1n) is 11.5. The van der Waals surface area contributed by atoms with Gasteiger partial charge in [-0.25, -0.2) is 4.39 Å². The Morgan fingerprint density at radius 3 is 2.64 bits per heavy atom. The van der Waals surface area contributed by atoms with Crippen LogP contribution in [0.3, 0.4) is 0 Å². The Labute approximate surface area is 199 Å². The van der Waals surface area contributed by atoms with Crippen LogP contribution in [0.5, 0.6) is 0 Å². The van der Waals surface area contributed by atoms with Gasteiger partial charge in [0.1, 0.15) is 5.82 Å². The first-order chi connectivity index (χ1) is 15.7. The zero-order chi connectivity index (χ0) is 23.7. The van der Waals surface area contributed by atoms with Crippen LogP contribution in [0.15, 0.2) is 24.4 Å². The number of nitrogens with zero attached hydrogens (tertiary/aromatic N) is 3. The minimum Gasteiger partial charge on any atom is -0.337 e. The van der Waals surface area contributed by atoms with Gasteiger partial charge >= 0.3 is 0 Å². The lowest BCUT2D eigenvalue weighted by atomic mass is 10.0. The number of halogens is 2. The van der Waals surface area contributed by atoms with Gasteiger partial charge in [-0.3, -0.25) is 19.5 Å². The highest BCUT2D eigenvalue weighted by molar-refractivity contribution is 6.31. The molecule has 0 spiro atoms. The molecular weight excluding hydrogens is 443 g/mol. The molecule has 1 atom stereocenters. The van der Waals surface area contributed by atoms with Crippen molar-refractivity contribution in [2.24, 2.45) is 5.92 Å². The summed E-state index contributed by atoms with van der Waals surface area (Å²) in [5.74, 6) is 0.0398. The number of hydrogen-bond donors (Lipinski definition) is 1. The number of hydrogen-bond acceptors (Lipinski definition) is 4. The fourth-order valence-corrected chi connectivity index (χ4v) is 4.50. The lowest BCUT2D eigenvalue weighted by Crippen LogP contribution is -2.53. The maximum absolute atomic E-state index is 14.4. The molecule has 2 aromatic rings. The number of benzene rings is 1. The van der Waals surface area contributed by atoms with Crippen molar-refractivity contribution < 1.29 is 14.0 Å². The van der Waals surface area contributed by atoms with Crippen LogP contribution in [0.25, 0.3) is 0 Å². The quantitative estimate of drug-likeness (QED) is 0.668. The highest BCUT2D eigenvalue weighted by atomic mass is 35.5. The second kappa shape index (κ2) is 9.77. The number of carbonyl (C=O) groups excluding carboxylic acids is 2.